The van der Waals surface area contributed by atoms with Gasteiger partial charge in [0.15, 0.2) is 0 Å². The van der Waals surface area contributed by atoms with Crippen molar-refractivity contribution in [2.45, 2.75) is 32.9 Å². The molecule has 3 heterocycles. The van der Waals surface area contributed by atoms with Gasteiger partial charge in [0.05, 0.1) is 18.3 Å². The molecule has 0 radical (unpaired) electrons. The van der Waals surface area contributed by atoms with Crippen molar-refractivity contribution in [3.63, 3.8) is 0 Å². The van der Waals surface area contributed by atoms with E-state index >= 15 is 0 Å². The molecule has 0 unspecified atom stereocenters. The SMILES string of the molecule is Cc1ccc2c(NCc3ccc(NC(=O)C4CCN(Cc5ccco5)CC4)cc3)nc(N(C)C)nc2c1. The first-order chi connectivity index (χ1) is 17.9. The van der Waals surface area contributed by atoms with Gasteiger partial charge in [0, 0.05) is 37.6 Å². The molecule has 1 aliphatic rings. The third kappa shape index (κ3) is 6.09. The van der Waals surface area contributed by atoms with Crippen LogP contribution >= 0.6 is 0 Å². The van der Waals surface area contributed by atoms with Gasteiger partial charge in [-0.2, -0.15) is 4.98 Å². The quantitative estimate of drug-likeness (QED) is 0.351. The highest BCUT2D eigenvalue weighted by atomic mass is 16.3. The summed E-state index contributed by atoms with van der Waals surface area (Å²) in [7, 11) is 3.89. The maximum atomic E-state index is 12.8. The maximum absolute atomic E-state index is 12.8. The van der Waals surface area contributed by atoms with Crippen LogP contribution in [0.4, 0.5) is 17.5 Å². The van der Waals surface area contributed by atoms with E-state index in [0.717, 1.165) is 66.2 Å². The zero-order valence-electron chi connectivity index (χ0n) is 21.7. The van der Waals surface area contributed by atoms with E-state index in [1.807, 2.05) is 55.4 Å². The molecule has 2 N–H and O–H groups in total. The zero-order valence-corrected chi connectivity index (χ0v) is 21.7. The minimum absolute atomic E-state index is 0.0368. The van der Waals surface area contributed by atoms with Gasteiger partial charge in [-0.3, -0.25) is 9.69 Å². The Bertz CT molecular complexity index is 1340. The lowest BCUT2D eigenvalue weighted by molar-refractivity contribution is -0.121. The van der Waals surface area contributed by atoms with Crippen LogP contribution in [0.15, 0.2) is 65.3 Å². The smallest absolute Gasteiger partial charge is 0.227 e. The molecule has 192 valence electrons. The van der Waals surface area contributed by atoms with E-state index in [-0.39, 0.29) is 11.8 Å². The Balaban J connectivity index is 1.16. The first-order valence-corrected chi connectivity index (χ1v) is 12.8. The van der Waals surface area contributed by atoms with Crippen molar-refractivity contribution in [1.29, 1.82) is 0 Å². The van der Waals surface area contributed by atoms with Gasteiger partial charge in [0.25, 0.3) is 0 Å². The average molecular weight is 499 g/mol. The number of rotatable bonds is 8. The van der Waals surface area contributed by atoms with E-state index in [2.05, 4.69) is 45.6 Å². The normalized spacial score (nSPS) is 14.6. The fourth-order valence-electron chi connectivity index (χ4n) is 4.67. The second kappa shape index (κ2) is 11.0. The molecule has 1 saturated heterocycles. The number of hydrogen-bond donors (Lipinski definition) is 2. The fraction of sp³-hybridized carbons (Fsp3) is 0.345. The highest BCUT2D eigenvalue weighted by Crippen LogP contribution is 2.25. The lowest BCUT2D eigenvalue weighted by Gasteiger charge is -2.30. The molecule has 0 atom stereocenters. The molecular formula is C29H34N6O2. The number of benzene rings is 2. The Hall–Kier alpha value is -3.91. The number of nitrogens with zero attached hydrogens (tertiary/aromatic N) is 4. The number of fused-ring (bicyclic) bond motifs is 1. The minimum Gasteiger partial charge on any atom is -0.468 e. The van der Waals surface area contributed by atoms with E-state index in [0.29, 0.717) is 12.5 Å². The van der Waals surface area contributed by atoms with Crippen molar-refractivity contribution >= 4 is 34.3 Å². The zero-order chi connectivity index (χ0) is 25.8. The van der Waals surface area contributed by atoms with Gasteiger partial charge in [-0.15, -0.1) is 0 Å². The van der Waals surface area contributed by atoms with E-state index in [1.165, 1.54) is 5.56 Å². The van der Waals surface area contributed by atoms with Crippen molar-refractivity contribution in [3.05, 3.63) is 77.7 Å². The summed E-state index contributed by atoms with van der Waals surface area (Å²) in [5.74, 6) is 2.59. The number of nitrogens with one attached hydrogen (secondary N) is 2. The molecule has 4 aromatic rings. The number of carbonyl (C=O) groups is 1. The van der Waals surface area contributed by atoms with Crippen molar-refractivity contribution in [1.82, 2.24) is 14.9 Å². The Morgan fingerprint density at radius 2 is 1.86 bits per heavy atom. The van der Waals surface area contributed by atoms with Crippen LogP contribution < -0.4 is 15.5 Å². The number of furan rings is 1. The van der Waals surface area contributed by atoms with E-state index in [1.54, 1.807) is 6.26 Å². The average Bonchev–Trinajstić information content (AvgIpc) is 3.41. The number of anilines is 3. The van der Waals surface area contributed by atoms with Crippen LogP contribution in [0.1, 0.15) is 29.7 Å². The van der Waals surface area contributed by atoms with Crippen molar-refractivity contribution < 1.29 is 9.21 Å². The Labute approximate surface area is 217 Å². The van der Waals surface area contributed by atoms with Crippen LogP contribution in [0, 0.1) is 12.8 Å². The van der Waals surface area contributed by atoms with E-state index in [4.69, 9.17) is 9.40 Å². The number of aromatic nitrogens is 2. The summed E-state index contributed by atoms with van der Waals surface area (Å²) < 4.78 is 5.45. The molecule has 1 amide bonds. The van der Waals surface area contributed by atoms with Crippen LogP contribution in [0.5, 0.6) is 0 Å². The standard InChI is InChI=1S/C29H34N6O2/c1-20-6-11-25-26(17-20)32-29(34(2)3)33-27(25)30-18-21-7-9-23(10-8-21)31-28(36)22-12-14-35(15-13-22)19-24-5-4-16-37-24/h4-11,16-17,22H,12-15,18-19H2,1-3H3,(H,31,36)(H,30,32,33). The van der Waals surface area contributed by atoms with Gasteiger partial charge in [0.1, 0.15) is 11.6 Å². The van der Waals surface area contributed by atoms with E-state index < -0.39 is 0 Å². The second-order valence-corrected chi connectivity index (χ2v) is 9.96. The van der Waals surface area contributed by atoms with Crippen LogP contribution in [0.25, 0.3) is 10.9 Å². The topological polar surface area (TPSA) is 86.5 Å². The summed E-state index contributed by atoms with van der Waals surface area (Å²) in [5.41, 5.74) is 4.02. The van der Waals surface area contributed by atoms with Gasteiger partial charge >= 0.3 is 0 Å². The minimum atomic E-state index is 0.0368. The summed E-state index contributed by atoms with van der Waals surface area (Å²) in [6.45, 7) is 5.29. The predicted molar refractivity (Wildman–Crippen MR) is 148 cm³/mol. The molecule has 0 saturated carbocycles. The summed E-state index contributed by atoms with van der Waals surface area (Å²) in [5, 5.41) is 7.57. The predicted octanol–water partition coefficient (Wildman–Crippen LogP) is 5.06. The van der Waals surface area contributed by atoms with E-state index in [9.17, 15) is 4.79 Å². The van der Waals surface area contributed by atoms with Gasteiger partial charge in [-0.05, 0) is 80.4 Å². The summed E-state index contributed by atoms with van der Waals surface area (Å²) in [6.07, 6.45) is 3.42. The molecule has 37 heavy (non-hydrogen) atoms. The molecule has 5 rings (SSSR count). The van der Waals surface area contributed by atoms with Crippen LogP contribution in [-0.4, -0.2) is 48.0 Å². The molecule has 0 spiro atoms. The van der Waals surface area contributed by atoms with Gasteiger partial charge < -0.3 is 20.0 Å². The highest BCUT2D eigenvalue weighted by molar-refractivity contribution is 5.92. The maximum Gasteiger partial charge on any atom is 0.227 e. The Kier molecular flexibility index (Phi) is 7.37. The first-order valence-electron chi connectivity index (χ1n) is 12.8. The number of piperidine rings is 1. The third-order valence-electron chi connectivity index (χ3n) is 6.84. The number of likely N-dealkylation sites (tertiary alicyclic amines) is 1. The molecule has 1 aliphatic heterocycles. The number of carbonyl (C=O) groups excluding carboxylic acids is 1. The van der Waals surface area contributed by atoms with Gasteiger partial charge in [-0.1, -0.05) is 18.2 Å². The van der Waals surface area contributed by atoms with Gasteiger partial charge in [0.2, 0.25) is 11.9 Å². The monoisotopic (exact) mass is 498 g/mol. The number of aryl methyl sites for hydroxylation is 1. The number of amides is 1. The van der Waals surface area contributed by atoms with Crippen molar-refractivity contribution in [2.75, 3.05) is 42.7 Å². The Morgan fingerprint density at radius 3 is 2.57 bits per heavy atom. The third-order valence-corrected chi connectivity index (χ3v) is 6.84. The molecular weight excluding hydrogens is 464 g/mol. The highest BCUT2D eigenvalue weighted by Gasteiger charge is 2.25. The summed E-state index contributed by atoms with van der Waals surface area (Å²) in [4.78, 5) is 26.5. The van der Waals surface area contributed by atoms with Crippen LogP contribution in [0.2, 0.25) is 0 Å². The number of hydrogen-bond acceptors (Lipinski definition) is 7. The molecule has 0 aliphatic carbocycles. The lowest BCUT2D eigenvalue weighted by Crippen LogP contribution is -2.37. The lowest BCUT2D eigenvalue weighted by atomic mass is 9.95. The fourth-order valence-corrected chi connectivity index (χ4v) is 4.67. The molecule has 8 nitrogen and oxygen atoms in total. The van der Waals surface area contributed by atoms with Crippen LogP contribution in [0.3, 0.4) is 0 Å². The molecule has 1 fully saturated rings. The first kappa shape index (κ1) is 24.8. The summed E-state index contributed by atoms with van der Waals surface area (Å²) >= 11 is 0. The van der Waals surface area contributed by atoms with Crippen molar-refractivity contribution in [3.8, 4) is 0 Å². The van der Waals surface area contributed by atoms with Crippen LogP contribution in [-0.2, 0) is 17.9 Å². The Morgan fingerprint density at radius 1 is 1.08 bits per heavy atom. The second-order valence-electron chi connectivity index (χ2n) is 9.96. The molecule has 2 aromatic heterocycles. The molecule has 0 bridgehead atoms. The van der Waals surface area contributed by atoms with Crippen molar-refractivity contribution in [2.24, 2.45) is 5.92 Å². The molecule has 2 aromatic carbocycles. The van der Waals surface area contributed by atoms with Gasteiger partial charge in [-0.25, -0.2) is 4.98 Å². The molecule has 8 heteroatoms. The summed E-state index contributed by atoms with van der Waals surface area (Å²) in [6, 6.07) is 18.1. The largest absolute Gasteiger partial charge is 0.468 e.